The lowest BCUT2D eigenvalue weighted by Gasteiger charge is -2.22. The van der Waals surface area contributed by atoms with Gasteiger partial charge in [0.2, 0.25) is 11.8 Å². The molecular formula is C20H19ClN4O3S. The molecule has 1 saturated heterocycles. The van der Waals surface area contributed by atoms with Crippen LogP contribution in [0.15, 0.2) is 58.7 Å². The Labute approximate surface area is 177 Å². The summed E-state index contributed by atoms with van der Waals surface area (Å²) in [6.07, 6.45) is 0.0462. The minimum atomic E-state index is -0.626. The first kappa shape index (κ1) is 20.9. The SMILES string of the molecule is COc1ccccc1NC(=O)C1CC(=O)N/C(=N\N=C(\C)c2ccc(Cl)cc2)S1. The number of carbonyl (C=O) groups excluding carboxylic acids is 2. The molecule has 1 unspecified atom stereocenters. The van der Waals surface area contributed by atoms with Crippen LogP contribution in [0.25, 0.3) is 0 Å². The average molecular weight is 431 g/mol. The predicted molar refractivity (Wildman–Crippen MR) is 117 cm³/mol. The number of methoxy groups -OCH3 is 1. The molecule has 0 aromatic heterocycles. The third kappa shape index (κ3) is 5.58. The van der Waals surface area contributed by atoms with E-state index in [1.165, 1.54) is 7.11 Å². The molecule has 1 aliphatic rings. The zero-order chi connectivity index (χ0) is 20.8. The van der Waals surface area contributed by atoms with Crippen LogP contribution in [0.4, 0.5) is 5.69 Å². The molecule has 2 amide bonds. The fourth-order valence-electron chi connectivity index (χ4n) is 2.57. The Hall–Kier alpha value is -2.84. The Kier molecular flexibility index (Phi) is 6.90. The van der Waals surface area contributed by atoms with E-state index < -0.39 is 5.25 Å². The zero-order valence-electron chi connectivity index (χ0n) is 15.8. The van der Waals surface area contributed by atoms with Gasteiger partial charge in [-0.25, -0.2) is 0 Å². The number of nitrogens with one attached hydrogen (secondary N) is 2. The van der Waals surface area contributed by atoms with E-state index in [0.29, 0.717) is 22.2 Å². The molecule has 2 aromatic rings. The van der Waals surface area contributed by atoms with E-state index in [0.717, 1.165) is 17.3 Å². The van der Waals surface area contributed by atoms with Gasteiger partial charge in [-0.3, -0.25) is 9.59 Å². The van der Waals surface area contributed by atoms with Crippen molar-refractivity contribution in [3.63, 3.8) is 0 Å². The normalized spacial score (nSPS) is 18.3. The molecule has 3 rings (SSSR count). The van der Waals surface area contributed by atoms with E-state index in [9.17, 15) is 9.59 Å². The van der Waals surface area contributed by atoms with Gasteiger partial charge in [-0.2, -0.15) is 5.10 Å². The minimum Gasteiger partial charge on any atom is -0.495 e. The van der Waals surface area contributed by atoms with Crippen molar-refractivity contribution in [3.8, 4) is 5.75 Å². The second-order valence-electron chi connectivity index (χ2n) is 6.15. The number of anilines is 1. The van der Waals surface area contributed by atoms with Crippen molar-refractivity contribution < 1.29 is 14.3 Å². The maximum atomic E-state index is 12.6. The highest BCUT2D eigenvalue weighted by atomic mass is 35.5. The Morgan fingerprint density at radius 1 is 1.24 bits per heavy atom. The fraction of sp³-hybridized carbons (Fsp3) is 0.200. The second kappa shape index (κ2) is 9.58. The summed E-state index contributed by atoms with van der Waals surface area (Å²) in [6.45, 7) is 1.80. The predicted octanol–water partition coefficient (Wildman–Crippen LogP) is 3.69. The van der Waals surface area contributed by atoms with E-state index in [1.807, 2.05) is 18.2 Å². The maximum Gasteiger partial charge on any atom is 0.238 e. The number of ether oxygens (including phenoxy) is 1. The third-order valence-corrected chi connectivity index (χ3v) is 5.41. The molecule has 1 heterocycles. The number of benzene rings is 2. The second-order valence-corrected chi connectivity index (χ2v) is 7.77. The molecule has 0 saturated carbocycles. The molecule has 150 valence electrons. The monoisotopic (exact) mass is 430 g/mol. The minimum absolute atomic E-state index is 0.0462. The molecular weight excluding hydrogens is 412 g/mol. The molecule has 1 fully saturated rings. The van der Waals surface area contributed by atoms with Crippen LogP contribution in [0.3, 0.4) is 0 Å². The molecule has 9 heteroatoms. The van der Waals surface area contributed by atoms with E-state index >= 15 is 0 Å². The highest BCUT2D eigenvalue weighted by Crippen LogP contribution is 2.27. The summed E-state index contributed by atoms with van der Waals surface area (Å²) in [5, 5.41) is 14.0. The number of carbonyl (C=O) groups is 2. The number of para-hydroxylation sites is 2. The topological polar surface area (TPSA) is 92.1 Å². The third-order valence-electron chi connectivity index (χ3n) is 4.08. The number of nitrogens with zero attached hydrogens (tertiary/aromatic N) is 2. The fourth-order valence-corrected chi connectivity index (χ4v) is 3.63. The van der Waals surface area contributed by atoms with Crippen LogP contribution in [0.5, 0.6) is 5.75 Å². The summed E-state index contributed by atoms with van der Waals surface area (Å²) in [7, 11) is 1.53. The Morgan fingerprint density at radius 2 is 1.97 bits per heavy atom. The van der Waals surface area contributed by atoms with Crippen molar-refractivity contribution in [2.24, 2.45) is 10.2 Å². The lowest BCUT2D eigenvalue weighted by molar-refractivity contribution is -0.123. The Morgan fingerprint density at radius 3 is 2.69 bits per heavy atom. The Balaban J connectivity index is 1.71. The lowest BCUT2D eigenvalue weighted by Crippen LogP contribution is -2.41. The highest BCUT2D eigenvalue weighted by Gasteiger charge is 2.30. The summed E-state index contributed by atoms with van der Waals surface area (Å²) >= 11 is 7.04. The van der Waals surface area contributed by atoms with Gasteiger partial charge in [-0.15, -0.1) is 5.10 Å². The molecule has 7 nitrogen and oxygen atoms in total. The molecule has 2 N–H and O–H groups in total. The van der Waals surface area contributed by atoms with E-state index in [-0.39, 0.29) is 23.4 Å². The van der Waals surface area contributed by atoms with Gasteiger partial charge in [0.15, 0.2) is 5.17 Å². The van der Waals surface area contributed by atoms with Crippen molar-refractivity contribution >= 4 is 51.7 Å². The van der Waals surface area contributed by atoms with Crippen molar-refractivity contribution in [2.45, 2.75) is 18.6 Å². The molecule has 29 heavy (non-hydrogen) atoms. The standard InChI is InChI=1S/C20H19ClN4O3S/c1-12(13-7-9-14(21)10-8-13)24-25-20-23-18(26)11-17(29-20)19(27)22-15-5-3-4-6-16(15)28-2/h3-10,17H,11H2,1-2H3,(H,22,27)(H,23,25,26)/b24-12-. The highest BCUT2D eigenvalue weighted by molar-refractivity contribution is 8.15. The number of amides is 2. The maximum absolute atomic E-state index is 12.6. The number of amidine groups is 1. The summed E-state index contributed by atoms with van der Waals surface area (Å²) < 4.78 is 5.24. The van der Waals surface area contributed by atoms with Crippen molar-refractivity contribution in [2.75, 3.05) is 12.4 Å². The first-order valence-electron chi connectivity index (χ1n) is 8.75. The molecule has 1 aliphatic heterocycles. The Bertz CT molecular complexity index is 976. The number of hydrogen-bond acceptors (Lipinski definition) is 6. The number of thioether (sulfide) groups is 1. The number of hydrogen-bond donors (Lipinski definition) is 2. The van der Waals surface area contributed by atoms with Crippen LogP contribution in [0.1, 0.15) is 18.9 Å². The van der Waals surface area contributed by atoms with Gasteiger partial charge < -0.3 is 15.4 Å². The van der Waals surface area contributed by atoms with Crippen LogP contribution < -0.4 is 15.4 Å². The number of halogens is 1. The zero-order valence-corrected chi connectivity index (χ0v) is 17.4. The van der Waals surface area contributed by atoms with Gasteiger partial charge in [0.1, 0.15) is 11.0 Å². The van der Waals surface area contributed by atoms with E-state index in [1.54, 1.807) is 37.3 Å². The lowest BCUT2D eigenvalue weighted by atomic mass is 10.1. The molecule has 1 atom stereocenters. The van der Waals surface area contributed by atoms with Gasteiger partial charge >= 0.3 is 0 Å². The number of rotatable bonds is 5. The van der Waals surface area contributed by atoms with Crippen LogP contribution >= 0.6 is 23.4 Å². The largest absolute Gasteiger partial charge is 0.495 e. The van der Waals surface area contributed by atoms with Crippen molar-refractivity contribution in [3.05, 3.63) is 59.1 Å². The van der Waals surface area contributed by atoms with E-state index in [2.05, 4.69) is 20.8 Å². The van der Waals surface area contributed by atoms with Crippen LogP contribution in [-0.4, -0.2) is 35.1 Å². The summed E-state index contributed by atoms with van der Waals surface area (Å²) in [6, 6.07) is 14.3. The summed E-state index contributed by atoms with van der Waals surface area (Å²) in [4.78, 5) is 24.7. The quantitative estimate of drug-likeness (QED) is 0.559. The van der Waals surface area contributed by atoms with Crippen LogP contribution in [0.2, 0.25) is 5.02 Å². The molecule has 0 radical (unpaired) electrons. The van der Waals surface area contributed by atoms with Gasteiger partial charge in [0.05, 0.1) is 18.5 Å². The summed E-state index contributed by atoms with van der Waals surface area (Å²) in [5.41, 5.74) is 2.06. The molecule has 0 spiro atoms. The van der Waals surface area contributed by atoms with Gasteiger partial charge in [-0.1, -0.05) is 47.6 Å². The van der Waals surface area contributed by atoms with Crippen LogP contribution in [0, 0.1) is 0 Å². The smallest absolute Gasteiger partial charge is 0.238 e. The van der Waals surface area contributed by atoms with Gasteiger partial charge in [0, 0.05) is 11.4 Å². The first-order valence-corrected chi connectivity index (χ1v) is 10.0. The van der Waals surface area contributed by atoms with Crippen molar-refractivity contribution in [1.29, 1.82) is 0 Å². The molecule has 0 bridgehead atoms. The molecule has 2 aromatic carbocycles. The van der Waals surface area contributed by atoms with E-state index in [4.69, 9.17) is 16.3 Å². The summed E-state index contributed by atoms with van der Waals surface area (Å²) in [5.74, 6) is -0.0503. The van der Waals surface area contributed by atoms with Gasteiger partial charge in [-0.05, 0) is 36.8 Å². The first-order chi connectivity index (χ1) is 14.0. The average Bonchev–Trinajstić information content (AvgIpc) is 2.72. The van der Waals surface area contributed by atoms with Crippen molar-refractivity contribution in [1.82, 2.24) is 5.32 Å². The molecule has 0 aliphatic carbocycles. The van der Waals surface area contributed by atoms with Gasteiger partial charge in [0.25, 0.3) is 0 Å². The van der Waals surface area contributed by atoms with Crippen LogP contribution in [-0.2, 0) is 9.59 Å².